The number of pyridine rings is 1. The van der Waals surface area contributed by atoms with E-state index in [-0.39, 0.29) is 30.1 Å². The van der Waals surface area contributed by atoms with Crippen LogP contribution in [0.2, 0.25) is 0 Å². The molecule has 1 aliphatic rings. The second kappa shape index (κ2) is 11.7. The third kappa shape index (κ3) is 7.22. The normalized spacial score (nSPS) is 17.0. The highest BCUT2D eigenvalue weighted by Crippen LogP contribution is 2.29. The van der Waals surface area contributed by atoms with Gasteiger partial charge < -0.3 is 19.9 Å². The van der Waals surface area contributed by atoms with Gasteiger partial charge in [0.15, 0.2) is 5.96 Å². The second-order valence-electron chi connectivity index (χ2n) is 7.60. The summed E-state index contributed by atoms with van der Waals surface area (Å²) in [4.78, 5) is 12.9. The molecule has 0 bridgehead atoms. The van der Waals surface area contributed by atoms with Gasteiger partial charge in [-0.1, -0.05) is 18.2 Å². The molecule has 6 nitrogen and oxygen atoms in total. The van der Waals surface area contributed by atoms with Crippen LogP contribution in [0.15, 0.2) is 47.6 Å². The van der Waals surface area contributed by atoms with E-state index in [1.54, 1.807) is 7.05 Å². The molecule has 1 aromatic heterocycles. The van der Waals surface area contributed by atoms with Crippen LogP contribution in [-0.2, 0) is 24.0 Å². The Morgan fingerprint density at radius 3 is 2.47 bits per heavy atom. The molecule has 0 radical (unpaired) electrons. The van der Waals surface area contributed by atoms with Gasteiger partial charge in [-0.05, 0) is 36.2 Å². The number of rotatable bonds is 5. The first-order valence-electron chi connectivity index (χ1n) is 10.2. The number of aromatic nitrogens is 1. The zero-order valence-corrected chi connectivity index (χ0v) is 20.7. The number of hydrogen-bond acceptors (Lipinski definition) is 4. The van der Waals surface area contributed by atoms with Gasteiger partial charge >= 0.3 is 6.18 Å². The zero-order valence-electron chi connectivity index (χ0n) is 18.4. The fourth-order valence-electron chi connectivity index (χ4n) is 3.45. The summed E-state index contributed by atoms with van der Waals surface area (Å²) in [5.41, 5.74) is 1.13. The van der Waals surface area contributed by atoms with Crippen molar-refractivity contribution in [3.05, 3.63) is 59.3 Å². The maximum absolute atomic E-state index is 12.7. The Bertz CT molecular complexity index is 875. The van der Waals surface area contributed by atoms with Crippen LogP contribution in [0.4, 0.5) is 19.0 Å². The summed E-state index contributed by atoms with van der Waals surface area (Å²) in [6, 6.07) is 9.20. The molecule has 1 unspecified atom stereocenters. The van der Waals surface area contributed by atoms with Gasteiger partial charge in [0.1, 0.15) is 5.82 Å². The number of nitrogens with zero attached hydrogens (tertiary/aromatic N) is 4. The van der Waals surface area contributed by atoms with Gasteiger partial charge in [0.25, 0.3) is 0 Å². The number of alkyl halides is 3. The lowest BCUT2D eigenvalue weighted by Gasteiger charge is -2.32. The summed E-state index contributed by atoms with van der Waals surface area (Å²) in [5, 5.41) is 3.27. The number of halogens is 4. The van der Waals surface area contributed by atoms with Crippen LogP contribution in [0.3, 0.4) is 0 Å². The van der Waals surface area contributed by atoms with Crippen molar-refractivity contribution >= 4 is 35.8 Å². The average molecular weight is 563 g/mol. The highest BCUT2D eigenvalue weighted by atomic mass is 127. The Balaban J connectivity index is 0.00000363. The number of hydrogen-bond donors (Lipinski definition) is 1. The summed E-state index contributed by atoms with van der Waals surface area (Å²) in [6.45, 7) is 5.38. The first-order chi connectivity index (χ1) is 14.8. The first kappa shape index (κ1) is 26.2. The van der Waals surface area contributed by atoms with Crippen molar-refractivity contribution in [1.82, 2.24) is 15.2 Å². The molecule has 3 rings (SSSR count). The van der Waals surface area contributed by atoms with Crippen LogP contribution in [0, 0.1) is 0 Å². The van der Waals surface area contributed by atoms with Gasteiger partial charge in [-0.25, -0.2) is 4.98 Å². The monoisotopic (exact) mass is 563 g/mol. The van der Waals surface area contributed by atoms with Crippen LogP contribution in [-0.4, -0.2) is 55.7 Å². The second-order valence-corrected chi connectivity index (χ2v) is 7.60. The minimum absolute atomic E-state index is 0. The standard InChI is InChI=1S/C22H28F3N5O.HI/c1-16-14-30(10-11-31-16)20-9-6-18(12-27-20)13-28-21(26-2)29(3)15-17-4-7-19(8-5-17)22(23,24)25;/h4-9,12,16H,10-11,13-15H2,1-3H3,(H,26,28);1H. The van der Waals surface area contributed by atoms with Crippen LogP contribution in [0.1, 0.15) is 23.6 Å². The summed E-state index contributed by atoms with van der Waals surface area (Å²) < 4.78 is 43.7. The topological polar surface area (TPSA) is 53.0 Å². The van der Waals surface area contributed by atoms with E-state index in [0.29, 0.717) is 25.7 Å². The van der Waals surface area contributed by atoms with E-state index in [0.717, 1.165) is 42.2 Å². The van der Waals surface area contributed by atoms with Crippen molar-refractivity contribution < 1.29 is 17.9 Å². The molecule has 176 valence electrons. The Hall–Kier alpha value is -2.08. The van der Waals surface area contributed by atoms with Crippen LogP contribution >= 0.6 is 24.0 Å². The molecule has 1 fully saturated rings. The van der Waals surface area contributed by atoms with Crippen molar-refractivity contribution in [3.63, 3.8) is 0 Å². The minimum atomic E-state index is -4.33. The molecule has 2 heterocycles. The number of aliphatic imine (C=N–C) groups is 1. The average Bonchev–Trinajstić information content (AvgIpc) is 2.74. The molecule has 0 amide bonds. The number of nitrogens with one attached hydrogen (secondary N) is 1. The van der Waals surface area contributed by atoms with E-state index in [9.17, 15) is 13.2 Å². The SMILES string of the molecule is CN=C(NCc1ccc(N2CCOC(C)C2)nc1)N(C)Cc1ccc(C(F)(F)F)cc1.I. The quantitative estimate of drug-likeness (QED) is 0.337. The third-order valence-corrected chi connectivity index (χ3v) is 5.10. The Kier molecular flexibility index (Phi) is 9.56. The van der Waals surface area contributed by atoms with E-state index in [1.165, 1.54) is 12.1 Å². The molecular weight excluding hydrogens is 534 g/mol. The molecular formula is C22H29F3IN5O. The summed E-state index contributed by atoms with van der Waals surface area (Å²) >= 11 is 0. The van der Waals surface area contributed by atoms with Crippen LogP contribution in [0.5, 0.6) is 0 Å². The lowest BCUT2D eigenvalue weighted by molar-refractivity contribution is -0.137. The smallest absolute Gasteiger partial charge is 0.375 e. The highest BCUT2D eigenvalue weighted by molar-refractivity contribution is 14.0. The maximum atomic E-state index is 12.7. The summed E-state index contributed by atoms with van der Waals surface area (Å²) in [6.07, 6.45) is -2.29. The van der Waals surface area contributed by atoms with Gasteiger partial charge in [-0.15, -0.1) is 24.0 Å². The Labute approximate surface area is 203 Å². The minimum Gasteiger partial charge on any atom is -0.375 e. The fourth-order valence-corrected chi connectivity index (χ4v) is 3.45. The molecule has 0 saturated carbocycles. The fraction of sp³-hybridized carbons (Fsp3) is 0.455. The van der Waals surface area contributed by atoms with E-state index in [2.05, 4.69) is 27.1 Å². The van der Waals surface area contributed by atoms with E-state index in [1.807, 2.05) is 30.3 Å². The molecule has 1 aliphatic heterocycles. The molecule has 10 heteroatoms. The predicted octanol–water partition coefficient (Wildman–Crippen LogP) is 4.15. The van der Waals surface area contributed by atoms with Crippen LogP contribution < -0.4 is 10.2 Å². The third-order valence-electron chi connectivity index (χ3n) is 5.10. The van der Waals surface area contributed by atoms with Gasteiger partial charge in [-0.3, -0.25) is 4.99 Å². The van der Waals surface area contributed by atoms with Crippen molar-refractivity contribution in [2.45, 2.75) is 32.3 Å². The van der Waals surface area contributed by atoms with Crippen molar-refractivity contribution in [1.29, 1.82) is 0 Å². The van der Waals surface area contributed by atoms with E-state index < -0.39 is 11.7 Å². The first-order valence-corrected chi connectivity index (χ1v) is 10.2. The highest BCUT2D eigenvalue weighted by Gasteiger charge is 2.30. The van der Waals surface area contributed by atoms with Gasteiger partial charge in [0, 0.05) is 46.5 Å². The number of morpholine rings is 1. The molecule has 1 saturated heterocycles. The number of guanidine groups is 1. The predicted molar refractivity (Wildman–Crippen MR) is 130 cm³/mol. The molecule has 32 heavy (non-hydrogen) atoms. The summed E-state index contributed by atoms with van der Waals surface area (Å²) in [7, 11) is 3.51. The molecule has 1 aromatic carbocycles. The maximum Gasteiger partial charge on any atom is 0.416 e. The summed E-state index contributed by atoms with van der Waals surface area (Å²) in [5.74, 6) is 1.58. The van der Waals surface area contributed by atoms with Crippen LogP contribution in [0.25, 0.3) is 0 Å². The van der Waals surface area contributed by atoms with Crippen molar-refractivity contribution in [2.75, 3.05) is 38.7 Å². The molecule has 0 spiro atoms. The molecule has 0 aliphatic carbocycles. The largest absolute Gasteiger partial charge is 0.416 e. The number of ether oxygens (including phenoxy) is 1. The van der Waals surface area contributed by atoms with E-state index in [4.69, 9.17) is 4.74 Å². The lowest BCUT2D eigenvalue weighted by Crippen LogP contribution is -2.41. The van der Waals surface area contributed by atoms with Gasteiger partial charge in [0.05, 0.1) is 18.3 Å². The number of benzene rings is 1. The van der Waals surface area contributed by atoms with Gasteiger partial charge in [0.2, 0.25) is 0 Å². The van der Waals surface area contributed by atoms with Crippen molar-refractivity contribution in [2.24, 2.45) is 4.99 Å². The van der Waals surface area contributed by atoms with E-state index >= 15 is 0 Å². The Morgan fingerprint density at radius 1 is 1.22 bits per heavy atom. The lowest BCUT2D eigenvalue weighted by atomic mass is 10.1. The van der Waals surface area contributed by atoms with Crippen molar-refractivity contribution in [3.8, 4) is 0 Å². The Morgan fingerprint density at radius 2 is 1.91 bits per heavy atom. The zero-order chi connectivity index (χ0) is 22.4. The molecule has 1 atom stereocenters. The molecule has 1 N–H and O–H groups in total. The number of anilines is 1. The molecule has 2 aromatic rings. The van der Waals surface area contributed by atoms with Gasteiger partial charge in [-0.2, -0.15) is 13.2 Å².